The molecule has 6 bridgehead atoms. The summed E-state index contributed by atoms with van der Waals surface area (Å²) in [7, 11) is 0. The van der Waals surface area contributed by atoms with E-state index in [1.54, 1.807) is 47.6 Å². The van der Waals surface area contributed by atoms with Gasteiger partial charge in [-0.1, -0.05) is 18.2 Å². The van der Waals surface area contributed by atoms with Crippen LogP contribution in [-0.2, 0) is 16.1 Å². The summed E-state index contributed by atoms with van der Waals surface area (Å²) in [5, 5.41) is 3.06. The third-order valence-electron chi connectivity index (χ3n) is 8.67. The fourth-order valence-corrected chi connectivity index (χ4v) is 6.32. The molecule has 2 fully saturated rings. The Kier molecular flexibility index (Phi) is 9.65. The zero-order chi connectivity index (χ0) is 31.2. The molecule has 2 aromatic heterocycles. The number of imidazole rings is 1. The number of amides is 3. The van der Waals surface area contributed by atoms with E-state index in [1.165, 1.54) is 12.1 Å². The van der Waals surface area contributed by atoms with Crippen LogP contribution in [0.3, 0.4) is 0 Å². The van der Waals surface area contributed by atoms with Crippen LogP contribution in [-0.4, -0.2) is 112 Å². The number of hydrogen-bond acceptors (Lipinski definition) is 8. The van der Waals surface area contributed by atoms with Crippen molar-refractivity contribution in [2.24, 2.45) is 5.92 Å². The number of nitrogens with zero attached hydrogens (tertiary/aromatic N) is 5. The highest BCUT2D eigenvalue weighted by atomic mass is 19.1. The molecule has 3 amide bonds. The second-order valence-electron chi connectivity index (χ2n) is 11.7. The van der Waals surface area contributed by atoms with E-state index in [4.69, 9.17) is 9.47 Å². The van der Waals surface area contributed by atoms with Crippen molar-refractivity contribution < 1.29 is 28.2 Å². The number of benzene rings is 1. The summed E-state index contributed by atoms with van der Waals surface area (Å²) in [5.41, 5.74) is 0.247. The van der Waals surface area contributed by atoms with E-state index in [9.17, 15) is 18.8 Å². The van der Waals surface area contributed by atoms with E-state index in [0.717, 1.165) is 5.82 Å². The summed E-state index contributed by atoms with van der Waals surface area (Å²) in [6, 6.07) is 10.3. The Balaban J connectivity index is 1.21. The summed E-state index contributed by atoms with van der Waals surface area (Å²) < 4.78 is 26.1. The monoisotopic (exact) mass is 619 g/mol. The van der Waals surface area contributed by atoms with Gasteiger partial charge >= 0.3 is 0 Å². The minimum absolute atomic E-state index is 0.0175. The van der Waals surface area contributed by atoms with Crippen LogP contribution in [0.1, 0.15) is 45.9 Å². The molecular weight excluding hydrogens is 581 g/mol. The summed E-state index contributed by atoms with van der Waals surface area (Å²) in [6.45, 7) is 3.45. The molecule has 3 aromatic rings. The van der Waals surface area contributed by atoms with E-state index >= 15 is 0 Å². The van der Waals surface area contributed by atoms with Gasteiger partial charge in [-0.2, -0.15) is 0 Å². The largest absolute Gasteiger partial charge is 0.475 e. The Morgan fingerprint density at radius 3 is 2.64 bits per heavy atom. The minimum atomic E-state index is -0.559. The molecule has 1 aromatic carbocycles. The topological polar surface area (TPSA) is 133 Å². The third kappa shape index (κ3) is 7.48. The van der Waals surface area contributed by atoms with Gasteiger partial charge in [0, 0.05) is 57.2 Å². The molecule has 2 N–H and O–H groups in total. The van der Waals surface area contributed by atoms with Gasteiger partial charge in [-0.15, -0.1) is 0 Å². The second kappa shape index (κ2) is 14.2. The summed E-state index contributed by atoms with van der Waals surface area (Å²) in [5.74, 6) is -0.0750. The average Bonchev–Trinajstić information content (AvgIpc) is 3.72. The van der Waals surface area contributed by atoms with E-state index in [1.807, 2.05) is 4.90 Å². The average molecular weight is 620 g/mol. The lowest BCUT2D eigenvalue weighted by Gasteiger charge is -2.37. The molecule has 0 spiro atoms. The highest BCUT2D eigenvalue weighted by Crippen LogP contribution is 2.26. The number of halogens is 1. The number of carbonyl (C=O) groups excluding carboxylic acids is 3. The number of aromatic nitrogens is 3. The molecule has 0 saturated carbocycles. The van der Waals surface area contributed by atoms with Crippen LogP contribution in [0.5, 0.6) is 5.88 Å². The van der Waals surface area contributed by atoms with Gasteiger partial charge in [0.25, 0.3) is 11.8 Å². The van der Waals surface area contributed by atoms with Crippen LogP contribution in [0, 0.1) is 11.7 Å². The van der Waals surface area contributed by atoms with Gasteiger partial charge in [-0.05, 0) is 43.4 Å². The standard InChI is InChI=1S/C32H38FN7O5/c33-25-5-2-1-4-24(25)31(42)39-14-15-44-16-17-45-29-7-3-6-26(37-29)30(41)36-23-18-27(40(20-23)21-28-34-10-11-35-28)32(43)38-12-8-22(19-39)9-13-38/h1-7,10-11,22-23,27H,8-9,12-21H2,(H,34,35)(H,36,41)/t23-,27-/m0/s1. The number of hydrogen-bond donors (Lipinski definition) is 2. The molecule has 0 aliphatic carbocycles. The van der Waals surface area contributed by atoms with E-state index in [2.05, 4.69) is 25.2 Å². The molecule has 7 rings (SSSR count). The van der Waals surface area contributed by atoms with E-state index in [-0.39, 0.29) is 73.2 Å². The van der Waals surface area contributed by atoms with Gasteiger partial charge in [0.15, 0.2) is 0 Å². The highest BCUT2D eigenvalue weighted by molar-refractivity contribution is 5.94. The molecule has 0 unspecified atom stereocenters. The van der Waals surface area contributed by atoms with Crippen molar-refractivity contribution >= 4 is 17.7 Å². The first-order chi connectivity index (χ1) is 21.9. The smallest absolute Gasteiger partial charge is 0.270 e. The zero-order valence-electron chi connectivity index (χ0n) is 25.1. The summed E-state index contributed by atoms with van der Waals surface area (Å²) in [6.07, 6.45) is 5.32. The van der Waals surface area contributed by atoms with Crippen molar-refractivity contribution in [1.29, 1.82) is 0 Å². The number of piperidine rings is 1. The van der Waals surface area contributed by atoms with Gasteiger partial charge in [0.2, 0.25) is 11.8 Å². The lowest BCUT2D eigenvalue weighted by atomic mass is 9.95. The molecule has 13 heteroatoms. The predicted octanol–water partition coefficient (Wildman–Crippen LogP) is 2.11. The summed E-state index contributed by atoms with van der Waals surface area (Å²) in [4.78, 5) is 58.0. The number of pyridine rings is 1. The SMILES string of the molecule is O=C1N[C@H]2C[C@@H](C(=O)N3CCC(CC3)CN(C(=O)c3ccccc3F)CCOCCOc3cccc1n3)N(Cc1ncc[nH]1)C2. The van der Waals surface area contributed by atoms with E-state index < -0.39 is 11.9 Å². The van der Waals surface area contributed by atoms with Crippen molar-refractivity contribution in [2.45, 2.75) is 37.9 Å². The molecule has 2 saturated heterocycles. The maximum Gasteiger partial charge on any atom is 0.270 e. The Morgan fingerprint density at radius 1 is 1.00 bits per heavy atom. The summed E-state index contributed by atoms with van der Waals surface area (Å²) >= 11 is 0. The highest BCUT2D eigenvalue weighted by Gasteiger charge is 2.41. The van der Waals surface area contributed by atoms with Crippen LogP contribution >= 0.6 is 0 Å². The van der Waals surface area contributed by atoms with Gasteiger partial charge in [0.05, 0.1) is 31.4 Å². The number of rotatable bonds is 3. The second-order valence-corrected chi connectivity index (χ2v) is 11.7. The number of H-pyrrole nitrogens is 1. The van der Waals surface area contributed by atoms with Crippen LogP contribution in [0.25, 0.3) is 0 Å². The first-order valence-electron chi connectivity index (χ1n) is 15.5. The third-order valence-corrected chi connectivity index (χ3v) is 8.67. The predicted molar refractivity (Wildman–Crippen MR) is 161 cm³/mol. The molecule has 238 valence electrons. The minimum Gasteiger partial charge on any atom is -0.475 e. The van der Waals surface area contributed by atoms with E-state index in [0.29, 0.717) is 52.0 Å². The number of likely N-dealkylation sites (tertiary alicyclic amines) is 1. The molecule has 6 heterocycles. The quantitative estimate of drug-likeness (QED) is 0.426. The van der Waals surface area contributed by atoms with Gasteiger partial charge < -0.3 is 29.6 Å². The van der Waals surface area contributed by atoms with Crippen molar-refractivity contribution in [3.05, 3.63) is 77.8 Å². The van der Waals surface area contributed by atoms with Crippen molar-refractivity contribution in [3.63, 3.8) is 0 Å². The van der Waals surface area contributed by atoms with Crippen molar-refractivity contribution in [3.8, 4) is 5.88 Å². The maximum absolute atomic E-state index is 14.6. The molecule has 12 nitrogen and oxygen atoms in total. The number of ether oxygens (including phenoxy) is 2. The van der Waals surface area contributed by atoms with Crippen molar-refractivity contribution in [1.82, 2.24) is 35.0 Å². The molecule has 2 atom stereocenters. The van der Waals surface area contributed by atoms with Crippen LogP contribution in [0.2, 0.25) is 0 Å². The normalized spacial score (nSPS) is 23.7. The zero-order valence-corrected chi connectivity index (χ0v) is 25.1. The Labute approximate surface area is 260 Å². The Bertz CT molecular complexity index is 1480. The molecule has 4 aliphatic rings. The van der Waals surface area contributed by atoms with Crippen LogP contribution in [0.15, 0.2) is 54.9 Å². The van der Waals surface area contributed by atoms with Crippen LogP contribution < -0.4 is 10.1 Å². The van der Waals surface area contributed by atoms with Crippen molar-refractivity contribution in [2.75, 3.05) is 52.5 Å². The number of carbonyl (C=O) groups is 3. The Morgan fingerprint density at radius 2 is 1.84 bits per heavy atom. The fourth-order valence-electron chi connectivity index (χ4n) is 6.32. The number of fused-ring (bicyclic) bond motifs is 10. The van der Waals surface area contributed by atoms with Gasteiger partial charge in [-0.3, -0.25) is 19.3 Å². The fraction of sp³-hybridized carbons (Fsp3) is 0.469. The molecular formula is C32H38FN7O5. The lowest BCUT2D eigenvalue weighted by Crippen LogP contribution is -2.49. The Hall–Kier alpha value is -4.36. The van der Waals surface area contributed by atoms with Gasteiger partial charge in [0.1, 0.15) is 23.9 Å². The molecule has 0 radical (unpaired) electrons. The first kappa shape index (κ1) is 30.7. The maximum atomic E-state index is 14.6. The number of aromatic amines is 1. The molecule has 4 aliphatic heterocycles. The van der Waals surface area contributed by atoms with Crippen LogP contribution in [0.4, 0.5) is 4.39 Å². The molecule has 45 heavy (non-hydrogen) atoms. The van der Waals surface area contributed by atoms with Gasteiger partial charge in [-0.25, -0.2) is 14.4 Å². The first-order valence-corrected chi connectivity index (χ1v) is 15.5. The number of nitrogens with one attached hydrogen (secondary N) is 2. The lowest BCUT2D eigenvalue weighted by molar-refractivity contribution is -0.137.